The molecule has 0 radical (unpaired) electrons. The lowest BCUT2D eigenvalue weighted by atomic mass is 9.98. The topological polar surface area (TPSA) is 68.5 Å². The molecule has 0 aromatic carbocycles. The Bertz CT molecular complexity index is 735. The molecular formula is C14H16N2O3S. The van der Waals surface area contributed by atoms with Crippen LogP contribution >= 0.6 is 0 Å². The van der Waals surface area contributed by atoms with Crippen molar-refractivity contribution in [3.63, 3.8) is 0 Å². The van der Waals surface area contributed by atoms with Gasteiger partial charge in [-0.05, 0) is 30.9 Å². The highest BCUT2D eigenvalue weighted by atomic mass is 32.2. The molecule has 0 aliphatic carbocycles. The van der Waals surface area contributed by atoms with Gasteiger partial charge < -0.3 is 4.40 Å². The first-order chi connectivity index (χ1) is 9.57. The van der Waals surface area contributed by atoms with E-state index in [9.17, 15) is 13.2 Å². The Hall–Kier alpha value is -1.69. The first-order valence-corrected chi connectivity index (χ1v) is 8.51. The number of aldehydes is 1. The van der Waals surface area contributed by atoms with Crippen LogP contribution in [0.4, 0.5) is 0 Å². The van der Waals surface area contributed by atoms with Crippen LogP contribution in [0.5, 0.6) is 0 Å². The molecule has 0 unspecified atom stereocenters. The minimum Gasteiger partial charge on any atom is -0.304 e. The zero-order valence-electron chi connectivity index (χ0n) is 11.0. The van der Waals surface area contributed by atoms with E-state index in [1.807, 2.05) is 10.6 Å². The Labute approximate surface area is 117 Å². The summed E-state index contributed by atoms with van der Waals surface area (Å²) in [6, 6.07) is 3.56. The van der Waals surface area contributed by atoms with Crippen molar-refractivity contribution in [3.05, 3.63) is 35.9 Å². The molecule has 20 heavy (non-hydrogen) atoms. The standard InChI is InChI=1S/C14H16N2O3S/c17-10-12-1-4-16-13(7-12)9-15-14(16)8-11-2-5-20(18,19)6-3-11/h1,4,7,9-11H,2-3,5-6,8H2. The molecule has 0 spiro atoms. The van der Waals surface area contributed by atoms with Crippen LogP contribution in [0.2, 0.25) is 0 Å². The van der Waals surface area contributed by atoms with Crippen molar-refractivity contribution in [2.45, 2.75) is 19.3 Å². The van der Waals surface area contributed by atoms with Gasteiger partial charge in [-0.3, -0.25) is 4.79 Å². The van der Waals surface area contributed by atoms with Crippen LogP contribution in [-0.4, -0.2) is 35.6 Å². The number of carbonyl (C=O) groups is 1. The van der Waals surface area contributed by atoms with E-state index < -0.39 is 9.84 Å². The van der Waals surface area contributed by atoms with Gasteiger partial charge in [0.2, 0.25) is 0 Å². The molecule has 2 aromatic rings. The molecule has 106 valence electrons. The summed E-state index contributed by atoms with van der Waals surface area (Å²) in [5, 5.41) is 0. The van der Waals surface area contributed by atoms with E-state index in [0.29, 0.717) is 24.3 Å². The van der Waals surface area contributed by atoms with Crippen molar-refractivity contribution in [1.82, 2.24) is 9.38 Å². The van der Waals surface area contributed by atoms with E-state index in [1.54, 1.807) is 18.3 Å². The molecule has 0 amide bonds. The Morgan fingerprint density at radius 3 is 2.80 bits per heavy atom. The van der Waals surface area contributed by atoms with Crippen LogP contribution < -0.4 is 0 Å². The molecule has 2 aromatic heterocycles. The van der Waals surface area contributed by atoms with Gasteiger partial charge in [-0.1, -0.05) is 0 Å². The third-order valence-corrected chi connectivity index (χ3v) is 5.63. The summed E-state index contributed by atoms with van der Waals surface area (Å²) in [6.45, 7) is 0. The number of hydrogen-bond acceptors (Lipinski definition) is 4. The van der Waals surface area contributed by atoms with Gasteiger partial charge in [0.1, 0.15) is 21.9 Å². The predicted octanol–water partition coefficient (Wildman–Crippen LogP) is 1.51. The second-order valence-electron chi connectivity index (χ2n) is 5.35. The number of sulfone groups is 1. The van der Waals surface area contributed by atoms with Crippen molar-refractivity contribution in [3.8, 4) is 0 Å². The van der Waals surface area contributed by atoms with Crippen LogP contribution in [0.15, 0.2) is 24.5 Å². The molecule has 0 saturated carbocycles. The monoisotopic (exact) mass is 292 g/mol. The number of aromatic nitrogens is 2. The van der Waals surface area contributed by atoms with Gasteiger partial charge in [0.25, 0.3) is 0 Å². The molecule has 6 heteroatoms. The van der Waals surface area contributed by atoms with Crippen LogP contribution in [0, 0.1) is 5.92 Å². The van der Waals surface area contributed by atoms with Crippen molar-refractivity contribution in [2.75, 3.05) is 11.5 Å². The van der Waals surface area contributed by atoms with Gasteiger partial charge in [0, 0.05) is 18.2 Å². The summed E-state index contributed by atoms with van der Waals surface area (Å²) >= 11 is 0. The third-order valence-electron chi connectivity index (χ3n) is 3.91. The Morgan fingerprint density at radius 2 is 2.10 bits per heavy atom. The molecule has 1 fully saturated rings. The van der Waals surface area contributed by atoms with E-state index >= 15 is 0 Å². The number of nitrogens with zero attached hydrogens (tertiary/aromatic N) is 2. The Kier molecular flexibility index (Phi) is 3.33. The van der Waals surface area contributed by atoms with Crippen LogP contribution in [-0.2, 0) is 16.3 Å². The van der Waals surface area contributed by atoms with E-state index in [0.717, 1.165) is 24.0 Å². The number of pyridine rings is 1. The van der Waals surface area contributed by atoms with E-state index in [-0.39, 0.29) is 11.5 Å². The maximum atomic E-state index is 11.4. The zero-order chi connectivity index (χ0) is 14.2. The fourth-order valence-electron chi connectivity index (χ4n) is 2.70. The molecule has 1 saturated heterocycles. The van der Waals surface area contributed by atoms with E-state index in [1.165, 1.54) is 0 Å². The quantitative estimate of drug-likeness (QED) is 0.804. The lowest BCUT2D eigenvalue weighted by Gasteiger charge is -2.21. The lowest BCUT2D eigenvalue weighted by Crippen LogP contribution is -2.25. The number of carbonyl (C=O) groups excluding carboxylic acids is 1. The predicted molar refractivity (Wildman–Crippen MR) is 75.7 cm³/mol. The molecule has 1 aliphatic rings. The van der Waals surface area contributed by atoms with Crippen molar-refractivity contribution < 1.29 is 13.2 Å². The summed E-state index contributed by atoms with van der Waals surface area (Å²) in [5.41, 5.74) is 1.53. The largest absolute Gasteiger partial charge is 0.304 e. The highest BCUT2D eigenvalue weighted by molar-refractivity contribution is 7.91. The van der Waals surface area contributed by atoms with Crippen molar-refractivity contribution in [1.29, 1.82) is 0 Å². The summed E-state index contributed by atoms with van der Waals surface area (Å²) in [6.07, 6.45) is 6.62. The maximum absolute atomic E-state index is 11.4. The zero-order valence-corrected chi connectivity index (χ0v) is 11.8. The fourth-order valence-corrected chi connectivity index (χ4v) is 4.29. The minimum absolute atomic E-state index is 0.288. The first kappa shape index (κ1) is 13.3. The summed E-state index contributed by atoms with van der Waals surface area (Å²) < 4.78 is 24.8. The molecule has 3 heterocycles. The van der Waals surface area contributed by atoms with Crippen LogP contribution in [0.1, 0.15) is 29.0 Å². The molecule has 0 N–H and O–H groups in total. The summed E-state index contributed by atoms with van der Waals surface area (Å²) in [5.74, 6) is 1.88. The smallest absolute Gasteiger partial charge is 0.150 e. The van der Waals surface area contributed by atoms with Gasteiger partial charge in [0.05, 0.1) is 23.2 Å². The molecule has 0 atom stereocenters. The maximum Gasteiger partial charge on any atom is 0.150 e. The van der Waals surface area contributed by atoms with E-state index in [2.05, 4.69) is 4.98 Å². The lowest BCUT2D eigenvalue weighted by molar-refractivity contribution is 0.112. The van der Waals surface area contributed by atoms with Crippen LogP contribution in [0.25, 0.3) is 5.52 Å². The molecular weight excluding hydrogens is 276 g/mol. The van der Waals surface area contributed by atoms with E-state index in [4.69, 9.17) is 0 Å². The SMILES string of the molecule is O=Cc1ccn2c(CC3CCS(=O)(=O)CC3)ncc2c1. The highest BCUT2D eigenvalue weighted by Gasteiger charge is 2.24. The minimum atomic E-state index is -2.81. The van der Waals surface area contributed by atoms with Gasteiger partial charge in [-0.15, -0.1) is 0 Å². The van der Waals surface area contributed by atoms with Gasteiger partial charge >= 0.3 is 0 Å². The second-order valence-corrected chi connectivity index (χ2v) is 7.65. The van der Waals surface area contributed by atoms with Gasteiger partial charge in [-0.2, -0.15) is 0 Å². The highest BCUT2D eigenvalue weighted by Crippen LogP contribution is 2.23. The molecule has 0 bridgehead atoms. The van der Waals surface area contributed by atoms with Crippen molar-refractivity contribution >= 4 is 21.6 Å². The number of hydrogen-bond donors (Lipinski definition) is 0. The first-order valence-electron chi connectivity index (χ1n) is 6.69. The number of rotatable bonds is 3. The average Bonchev–Trinajstić information content (AvgIpc) is 2.83. The average molecular weight is 292 g/mol. The normalized spacial score (nSPS) is 19.2. The van der Waals surface area contributed by atoms with Gasteiger partial charge in [0.15, 0.2) is 0 Å². The summed E-state index contributed by atoms with van der Waals surface area (Å²) in [4.78, 5) is 15.1. The fraction of sp³-hybridized carbons (Fsp3) is 0.429. The van der Waals surface area contributed by atoms with Crippen LogP contribution in [0.3, 0.4) is 0 Å². The van der Waals surface area contributed by atoms with Gasteiger partial charge in [-0.25, -0.2) is 13.4 Å². The molecule has 3 rings (SSSR count). The number of fused-ring (bicyclic) bond motifs is 1. The van der Waals surface area contributed by atoms with Crippen molar-refractivity contribution in [2.24, 2.45) is 5.92 Å². The summed E-state index contributed by atoms with van der Waals surface area (Å²) in [7, 11) is -2.81. The Morgan fingerprint density at radius 1 is 1.35 bits per heavy atom. The third kappa shape index (κ3) is 2.60. The molecule has 1 aliphatic heterocycles. The Balaban J connectivity index is 1.80. The number of imidazole rings is 1. The molecule has 5 nitrogen and oxygen atoms in total. The second kappa shape index (κ2) is 5.01.